The standard InChI is InChI=1S/C37H34N2O7/c1-5-20-11-13-23(14-12-20)38-33(41)25-16-15-24-26(30(25)35(38)43)19-27-34(42)39(22-9-7-6-8-10-22)36(44)37(27,2)31(24)21-17-28(45-3)32(40)29(18-21)46-4/h5-15,17-18,25-27,30-31,40H,1,16,19H2,2-4H3/t25-,26+,27-,30-,31-,37+/m0/s1. The highest BCUT2D eigenvalue weighted by Gasteiger charge is 2.67. The largest absolute Gasteiger partial charge is 0.502 e. The van der Waals surface area contributed by atoms with Crippen LogP contribution in [0.3, 0.4) is 0 Å². The highest BCUT2D eigenvalue weighted by atomic mass is 16.5. The molecule has 0 bridgehead atoms. The van der Waals surface area contributed by atoms with Gasteiger partial charge in [0.1, 0.15) is 0 Å². The molecule has 3 fully saturated rings. The summed E-state index contributed by atoms with van der Waals surface area (Å²) in [4.78, 5) is 59.5. The van der Waals surface area contributed by atoms with E-state index in [1.54, 1.807) is 54.6 Å². The molecule has 1 N–H and O–H groups in total. The van der Waals surface area contributed by atoms with E-state index in [1.165, 1.54) is 24.0 Å². The van der Waals surface area contributed by atoms with E-state index in [1.807, 2.05) is 31.2 Å². The minimum Gasteiger partial charge on any atom is -0.502 e. The van der Waals surface area contributed by atoms with Crippen LogP contribution < -0.4 is 19.3 Å². The smallest absolute Gasteiger partial charge is 0.241 e. The maximum absolute atomic E-state index is 14.6. The molecule has 234 valence electrons. The summed E-state index contributed by atoms with van der Waals surface area (Å²) in [5.74, 6) is -4.35. The number of phenolic OH excluding ortho intramolecular Hbond substituents is 1. The SMILES string of the molecule is C=Cc1ccc(N2C(=O)[C@H]3[C@H](CC=C4[C@H]3C[C@H]3C(=O)N(c5ccccc5)C(=O)[C@@]3(C)[C@H]4c3cc(OC)c(O)c(OC)c3)C2=O)cc1. The Labute approximate surface area is 266 Å². The highest BCUT2D eigenvalue weighted by Crippen LogP contribution is 2.64. The summed E-state index contributed by atoms with van der Waals surface area (Å²) in [6.45, 7) is 5.59. The number of hydrogen-bond acceptors (Lipinski definition) is 7. The van der Waals surface area contributed by atoms with Crippen LogP contribution in [-0.4, -0.2) is 43.0 Å². The molecule has 46 heavy (non-hydrogen) atoms. The lowest BCUT2D eigenvalue weighted by atomic mass is 9.51. The lowest BCUT2D eigenvalue weighted by Gasteiger charge is -2.49. The summed E-state index contributed by atoms with van der Waals surface area (Å²) in [6, 6.07) is 19.3. The molecule has 0 unspecified atom stereocenters. The Morgan fingerprint density at radius 2 is 1.48 bits per heavy atom. The van der Waals surface area contributed by atoms with Crippen molar-refractivity contribution >= 4 is 41.1 Å². The fraction of sp³-hybridized carbons (Fsp3) is 0.297. The molecule has 1 saturated carbocycles. The minimum atomic E-state index is -1.24. The number of nitrogens with zero attached hydrogens (tertiary/aromatic N) is 2. The number of ether oxygens (including phenoxy) is 2. The van der Waals surface area contributed by atoms with E-state index in [9.17, 15) is 24.3 Å². The van der Waals surface area contributed by atoms with Gasteiger partial charge in [-0.1, -0.05) is 54.6 Å². The van der Waals surface area contributed by atoms with Crippen molar-refractivity contribution in [3.05, 3.63) is 96.1 Å². The first-order valence-electron chi connectivity index (χ1n) is 15.3. The van der Waals surface area contributed by atoms with Crippen molar-refractivity contribution < 1.29 is 33.8 Å². The molecule has 0 aromatic heterocycles. The molecule has 3 aromatic carbocycles. The van der Waals surface area contributed by atoms with Gasteiger partial charge < -0.3 is 14.6 Å². The van der Waals surface area contributed by atoms with Gasteiger partial charge in [-0.3, -0.25) is 24.1 Å². The number of anilines is 2. The number of carbonyl (C=O) groups excluding carboxylic acids is 4. The van der Waals surface area contributed by atoms with Crippen molar-refractivity contribution in [1.82, 2.24) is 0 Å². The molecule has 7 rings (SSSR count). The summed E-state index contributed by atoms with van der Waals surface area (Å²) in [6.07, 6.45) is 4.24. The fourth-order valence-electron chi connectivity index (χ4n) is 8.31. The highest BCUT2D eigenvalue weighted by molar-refractivity contribution is 6.25. The van der Waals surface area contributed by atoms with Gasteiger partial charge in [0.25, 0.3) is 0 Å². The molecule has 6 atom stereocenters. The Bertz CT molecular complexity index is 1810. The van der Waals surface area contributed by atoms with Gasteiger partial charge in [0.2, 0.25) is 29.4 Å². The normalized spacial score (nSPS) is 28.4. The lowest BCUT2D eigenvalue weighted by molar-refractivity contribution is -0.131. The first kappa shape index (κ1) is 29.5. The van der Waals surface area contributed by atoms with Gasteiger partial charge in [0, 0.05) is 5.92 Å². The Balaban J connectivity index is 1.39. The zero-order chi connectivity index (χ0) is 32.5. The topological polar surface area (TPSA) is 113 Å². The van der Waals surface area contributed by atoms with Crippen molar-refractivity contribution in [1.29, 1.82) is 0 Å². The van der Waals surface area contributed by atoms with Crippen LogP contribution in [0.5, 0.6) is 17.2 Å². The second-order valence-corrected chi connectivity index (χ2v) is 12.6. The van der Waals surface area contributed by atoms with Gasteiger partial charge in [0.05, 0.1) is 48.8 Å². The molecule has 0 radical (unpaired) electrons. The number of amides is 4. The maximum Gasteiger partial charge on any atom is 0.241 e. The fourth-order valence-corrected chi connectivity index (χ4v) is 8.31. The molecule has 9 heteroatoms. The Kier molecular flexibility index (Phi) is 6.88. The van der Waals surface area contributed by atoms with Crippen LogP contribution in [0.2, 0.25) is 0 Å². The van der Waals surface area contributed by atoms with Gasteiger partial charge in [-0.05, 0) is 73.2 Å². The number of phenols is 1. The van der Waals surface area contributed by atoms with E-state index >= 15 is 0 Å². The van der Waals surface area contributed by atoms with Crippen LogP contribution in [0.25, 0.3) is 6.08 Å². The molecule has 2 heterocycles. The van der Waals surface area contributed by atoms with Crippen LogP contribution in [-0.2, 0) is 19.2 Å². The minimum absolute atomic E-state index is 0.156. The monoisotopic (exact) mass is 618 g/mol. The molecule has 2 aliphatic carbocycles. The van der Waals surface area contributed by atoms with Crippen molar-refractivity contribution in [2.24, 2.45) is 29.1 Å². The Hall–Kier alpha value is -5.18. The zero-order valence-electron chi connectivity index (χ0n) is 25.8. The second kappa shape index (κ2) is 10.7. The van der Waals surface area contributed by atoms with Gasteiger partial charge in [-0.2, -0.15) is 0 Å². The molecular weight excluding hydrogens is 584 g/mol. The third-order valence-corrected chi connectivity index (χ3v) is 10.5. The van der Waals surface area contributed by atoms with Crippen molar-refractivity contribution in [3.8, 4) is 17.2 Å². The molecule has 3 aromatic rings. The quantitative estimate of drug-likeness (QED) is 0.287. The van der Waals surface area contributed by atoms with Crippen molar-refractivity contribution in [2.75, 3.05) is 24.0 Å². The Morgan fingerprint density at radius 1 is 0.848 bits per heavy atom. The maximum atomic E-state index is 14.6. The molecule has 4 aliphatic rings. The van der Waals surface area contributed by atoms with E-state index in [2.05, 4.69) is 6.58 Å². The Morgan fingerprint density at radius 3 is 2.09 bits per heavy atom. The third kappa shape index (κ3) is 4.00. The van der Waals surface area contributed by atoms with Gasteiger partial charge in [-0.25, -0.2) is 4.90 Å². The molecule has 2 saturated heterocycles. The van der Waals surface area contributed by atoms with E-state index in [0.717, 1.165) is 11.1 Å². The van der Waals surface area contributed by atoms with Crippen molar-refractivity contribution in [3.63, 3.8) is 0 Å². The summed E-state index contributed by atoms with van der Waals surface area (Å²) < 4.78 is 11.0. The first-order valence-corrected chi connectivity index (χ1v) is 15.3. The number of allylic oxidation sites excluding steroid dienone is 2. The number of carbonyl (C=O) groups is 4. The third-order valence-electron chi connectivity index (χ3n) is 10.5. The first-order chi connectivity index (χ1) is 22.1. The number of benzene rings is 3. The van der Waals surface area contributed by atoms with Crippen LogP contribution in [0.15, 0.2) is 85.0 Å². The summed E-state index contributed by atoms with van der Waals surface area (Å²) >= 11 is 0. The second-order valence-electron chi connectivity index (χ2n) is 12.6. The van der Waals surface area contributed by atoms with E-state index in [-0.39, 0.29) is 47.3 Å². The summed E-state index contributed by atoms with van der Waals surface area (Å²) in [5, 5.41) is 10.8. The van der Waals surface area contributed by atoms with Crippen LogP contribution in [0.1, 0.15) is 36.8 Å². The number of fused-ring (bicyclic) bond motifs is 4. The van der Waals surface area contributed by atoms with Crippen LogP contribution in [0, 0.1) is 29.1 Å². The average molecular weight is 619 g/mol. The summed E-state index contributed by atoms with van der Waals surface area (Å²) in [5.41, 5.74) is 2.04. The molecular formula is C37H34N2O7. The van der Waals surface area contributed by atoms with Crippen molar-refractivity contribution in [2.45, 2.75) is 25.7 Å². The number of methoxy groups -OCH3 is 2. The molecule has 2 aliphatic heterocycles. The predicted octanol–water partition coefficient (Wildman–Crippen LogP) is 5.49. The van der Waals surface area contributed by atoms with E-state index in [4.69, 9.17) is 9.47 Å². The molecule has 9 nitrogen and oxygen atoms in total. The van der Waals surface area contributed by atoms with Crippen LogP contribution >= 0.6 is 0 Å². The van der Waals surface area contributed by atoms with Crippen LogP contribution in [0.4, 0.5) is 11.4 Å². The number of hydrogen-bond donors (Lipinski definition) is 1. The zero-order valence-corrected chi connectivity index (χ0v) is 25.8. The average Bonchev–Trinajstić information content (AvgIpc) is 3.44. The summed E-state index contributed by atoms with van der Waals surface area (Å²) in [7, 11) is 2.86. The molecule has 4 amide bonds. The van der Waals surface area contributed by atoms with E-state index in [0.29, 0.717) is 23.4 Å². The van der Waals surface area contributed by atoms with E-state index < -0.39 is 35.0 Å². The number of rotatable bonds is 6. The predicted molar refractivity (Wildman–Crippen MR) is 171 cm³/mol. The lowest BCUT2D eigenvalue weighted by Crippen LogP contribution is -2.48. The number of imide groups is 2. The number of aromatic hydroxyl groups is 1. The van der Waals surface area contributed by atoms with Gasteiger partial charge >= 0.3 is 0 Å². The van der Waals surface area contributed by atoms with Gasteiger partial charge in [-0.15, -0.1) is 0 Å². The molecule has 0 spiro atoms. The van der Waals surface area contributed by atoms with Gasteiger partial charge in [0.15, 0.2) is 11.5 Å². The number of para-hydroxylation sites is 1.